The highest BCUT2D eigenvalue weighted by Crippen LogP contribution is 2.12. The maximum Gasteiger partial charge on any atom is 0.151 e. The third kappa shape index (κ3) is 3.18. The van der Waals surface area contributed by atoms with E-state index in [9.17, 15) is 0 Å². The van der Waals surface area contributed by atoms with E-state index >= 15 is 0 Å². The van der Waals surface area contributed by atoms with Gasteiger partial charge in [0, 0.05) is 6.04 Å². The van der Waals surface area contributed by atoms with Crippen LogP contribution in [0.15, 0.2) is 29.0 Å². The minimum Gasteiger partial charge on any atom is -0.366 e. The highest BCUT2D eigenvalue weighted by molar-refractivity contribution is 7.07. The fourth-order valence-electron chi connectivity index (χ4n) is 1.46. The first kappa shape index (κ1) is 11.4. The Hall–Kier alpha value is -1.13. The molecule has 1 unspecified atom stereocenters. The number of thiophene rings is 1. The van der Waals surface area contributed by atoms with Gasteiger partial charge >= 0.3 is 0 Å². The maximum absolute atomic E-state index is 5.66. The molecule has 0 bridgehead atoms. The SMILES string of the molecule is CC(Cc1ccsc1)Nc1ccc(Cl)nn1. The van der Waals surface area contributed by atoms with Gasteiger partial charge < -0.3 is 5.32 Å². The number of anilines is 1. The third-order valence-electron chi connectivity index (χ3n) is 2.15. The van der Waals surface area contributed by atoms with Crippen molar-refractivity contribution in [2.45, 2.75) is 19.4 Å². The third-order valence-corrected chi connectivity index (χ3v) is 3.08. The summed E-state index contributed by atoms with van der Waals surface area (Å²) in [5, 5.41) is 15.7. The van der Waals surface area contributed by atoms with Gasteiger partial charge in [-0.3, -0.25) is 0 Å². The van der Waals surface area contributed by atoms with Crippen LogP contribution in [0.1, 0.15) is 12.5 Å². The number of hydrogen-bond donors (Lipinski definition) is 1. The van der Waals surface area contributed by atoms with Crippen LogP contribution in [-0.2, 0) is 6.42 Å². The Morgan fingerprint density at radius 3 is 2.88 bits per heavy atom. The van der Waals surface area contributed by atoms with Crippen molar-refractivity contribution in [2.24, 2.45) is 0 Å². The molecule has 0 aliphatic rings. The molecule has 84 valence electrons. The first-order valence-electron chi connectivity index (χ1n) is 5.01. The molecule has 5 heteroatoms. The van der Waals surface area contributed by atoms with Crippen LogP contribution in [0.3, 0.4) is 0 Å². The summed E-state index contributed by atoms with van der Waals surface area (Å²) in [5.74, 6) is 0.757. The Labute approximate surface area is 103 Å². The lowest BCUT2D eigenvalue weighted by atomic mass is 10.1. The van der Waals surface area contributed by atoms with Crippen molar-refractivity contribution in [1.29, 1.82) is 0 Å². The number of nitrogens with zero attached hydrogens (tertiary/aromatic N) is 2. The fraction of sp³-hybridized carbons (Fsp3) is 0.273. The van der Waals surface area contributed by atoms with Gasteiger partial charge in [-0.2, -0.15) is 11.3 Å². The van der Waals surface area contributed by atoms with Crippen LogP contribution in [0, 0.1) is 0 Å². The summed E-state index contributed by atoms with van der Waals surface area (Å²) in [6, 6.07) is 6.02. The Morgan fingerprint density at radius 1 is 1.38 bits per heavy atom. The van der Waals surface area contributed by atoms with Crippen molar-refractivity contribution >= 4 is 28.8 Å². The highest BCUT2D eigenvalue weighted by Gasteiger charge is 2.05. The van der Waals surface area contributed by atoms with Gasteiger partial charge in [0.25, 0.3) is 0 Å². The summed E-state index contributed by atoms with van der Waals surface area (Å²) in [6.07, 6.45) is 0.980. The lowest BCUT2D eigenvalue weighted by Crippen LogP contribution is -2.18. The molecule has 2 heterocycles. The van der Waals surface area contributed by atoms with Gasteiger partial charge in [0.15, 0.2) is 5.15 Å². The van der Waals surface area contributed by atoms with Crippen LogP contribution < -0.4 is 5.32 Å². The molecule has 0 fully saturated rings. The Balaban J connectivity index is 1.92. The molecule has 1 N–H and O–H groups in total. The van der Waals surface area contributed by atoms with Crippen LogP contribution in [0.4, 0.5) is 5.82 Å². The standard InChI is InChI=1S/C11H12ClN3S/c1-8(6-9-4-5-16-7-9)13-11-3-2-10(12)14-15-11/h2-5,7-8H,6H2,1H3,(H,13,15). The second kappa shape index (κ2) is 5.27. The normalized spacial score (nSPS) is 12.4. The van der Waals surface area contributed by atoms with Crippen LogP contribution in [0.25, 0.3) is 0 Å². The van der Waals surface area contributed by atoms with Crippen LogP contribution >= 0.6 is 22.9 Å². The van der Waals surface area contributed by atoms with Gasteiger partial charge in [-0.1, -0.05) is 11.6 Å². The zero-order valence-corrected chi connectivity index (χ0v) is 10.4. The molecular weight excluding hydrogens is 242 g/mol. The molecule has 2 rings (SSSR count). The van der Waals surface area contributed by atoms with E-state index in [2.05, 4.69) is 39.3 Å². The van der Waals surface area contributed by atoms with E-state index in [-0.39, 0.29) is 0 Å². The summed E-state index contributed by atoms with van der Waals surface area (Å²) in [6.45, 7) is 2.12. The molecule has 1 atom stereocenters. The van der Waals surface area contributed by atoms with E-state index in [4.69, 9.17) is 11.6 Å². The molecule has 0 aromatic carbocycles. The van der Waals surface area contributed by atoms with Gasteiger partial charge in [0.2, 0.25) is 0 Å². The lowest BCUT2D eigenvalue weighted by molar-refractivity contribution is 0.781. The van der Waals surface area contributed by atoms with E-state index in [1.54, 1.807) is 17.4 Å². The number of aromatic nitrogens is 2. The summed E-state index contributed by atoms with van der Waals surface area (Å²) in [4.78, 5) is 0. The van der Waals surface area contributed by atoms with Gasteiger partial charge in [-0.15, -0.1) is 10.2 Å². The fourth-order valence-corrected chi connectivity index (χ4v) is 2.24. The molecule has 2 aromatic heterocycles. The smallest absolute Gasteiger partial charge is 0.151 e. The summed E-state index contributed by atoms with van der Waals surface area (Å²) in [5.41, 5.74) is 1.34. The second-order valence-corrected chi connectivity index (χ2v) is 4.79. The minimum absolute atomic E-state index is 0.324. The molecule has 0 aliphatic heterocycles. The maximum atomic E-state index is 5.66. The van der Waals surface area contributed by atoms with Gasteiger partial charge in [0.05, 0.1) is 0 Å². The largest absolute Gasteiger partial charge is 0.366 e. The van der Waals surface area contributed by atoms with E-state index in [1.165, 1.54) is 5.56 Å². The van der Waals surface area contributed by atoms with Gasteiger partial charge in [-0.25, -0.2) is 0 Å². The van der Waals surface area contributed by atoms with Crippen molar-refractivity contribution in [3.63, 3.8) is 0 Å². The molecule has 0 saturated carbocycles. The first-order chi connectivity index (χ1) is 7.74. The predicted octanol–water partition coefficient (Wildman–Crippen LogP) is 3.23. The van der Waals surface area contributed by atoms with Crippen molar-refractivity contribution in [3.05, 3.63) is 39.7 Å². The number of hydrogen-bond acceptors (Lipinski definition) is 4. The quantitative estimate of drug-likeness (QED) is 0.909. The van der Waals surface area contributed by atoms with Crippen molar-refractivity contribution < 1.29 is 0 Å². The van der Waals surface area contributed by atoms with Gasteiger partial charge in [-0.05, 0) is 47.9 Å². The molecule has 0 saturated heterocycles. The molecule has 0 amide bonds. The molecule has 16 heavy (non-hydrogen) atoms. The van der Waals surface area contributed by atoms with E-state index in [0.717, 1.165) is 12.2 Å². The Morgan fingerprint density at radius 2 is 2.25 bits per heavy atom. The van der Waals surface area contributed by atoms with Crippen LogP contribution in [0.2, 0.25) is 5.15 Å². The lowest BCUT2D eigenvalue weighted by Gasteiger charge is -2.12. The number of nitrogens with one attached hydrogen (secondary N) is 1. The van der Waals surface area contributed by atoms with Crippen molar-refractivity contribution in [1.82, 2.24) is 10.2 Å². The average molecular weight is 254 g/mol. The number of rotatable bonds is 4. The van der Waals surface area contributed by atoms with E-state index < -0.39 is 0 Å². The van der Waals surface area contributed by atoms with Crippen LogP contribution in [0.5, 0.6) is 0 Å². The first-order valence-corrected chi connectivity index (χ1v) is 6.33. The minimum atomic E-state index is 0.324. The zero-order chi connectivity index (χ0) is 11.4. The van der Waals surface area contributed by atoms with Crippen molar-refractivity contribution in [3.8, 4) is 0 Å². The van der Waals surface area contributed by atoms with E-state index in [1.807, 2.05) is 6.07 Å². The number of halogens is 1. The van der Waals surface area contributed by atoms with Crippen molar-refractivity contribution in [2.75, 3.05) is 5.32 Å². The summed E-state index contributed by atoms with van der Waals surface area (Å²) < 4.78 is 0. The molecule has 2 aromatic rings. The summed E-state index contributed by atoms with van der Waals surface area (Å²) in [7, 11) is 0. The molecule has 0 spiro atoms. The molecule has 3 nitrogen and oxygen atoms in total. The Bertz CT molecular complexity index is 427. The molecular formula is C11H12ClN3S. The monoisotopic (exact) mass is 253 g/mol. The molecule has 0 radical (unpaired) electrons. The zero-order valence-electron chi connectivity index (χ0n) is 8.85. The highest BCUT2D eigenvalue weighted by atomic mass is 35.5. The van der Waals surface area contributed by atoms with Crippen LogP contribution in [-0.4, -0.2) is 16.2 Å². The summed E-state index contributed by atoms with van der Waals surface area (Å²) >= 11 is 7.38. The predicted molar refractivity (Wildman–Crippen MR) is 68.1 cm³/mol. The van der Waals surface area contributed by atoms with Gasteiger partial charge in [0.1, 0.15) is 5.82 Å². The molecule has 0 aliphatic carbocycles. The van der Waals surface area contributed by atoms with E-state index in [0.29, 0.717) is 11.2 Å². The average Bonchev–Trinajstić information content (AvgIpc) is 2.74. The Kier molecular flexibility index (Phi) is 3.74. The topological polar surface area (TPSA) is 37.8 Å². The second-order valence-electron chi connectivity index (χ2n) is 3.62.